The van der Waals surface area contributed by atoms with Gasteiger partial charge in [0.05, 0.1) is 37.5 Å². The topological polar surface area (TPSA) is 377 Å². The molecule has 8 amide bonds. The van der Waals surface area contributed by atoms with Crippen molar-refractivity contribution in [1.82, 2.24) is 42.5 Å². The molecule has 0 spiro atoms. The number of nitrogens with two attached hydrogens (primary N) is 1. The zero-order valence-corrected chi connectivity index (χ0v) is 31.3. The molecule has 1 fully saturated rings. The molecule has 10 atom stereocenters. The average Bonchev–Trinajstić information content (AvgIpc) is 3.64. The van der Waals surface area contributed by atoms with E-state index >= 15 is 0 Å². The molecule has 0 radical (unpaired) electrons. The van der Waals surface area contributed by atoms with Gasteiger partial charge in [-0.25, -0.2) is 4.79 Å². The van der Waals surface area contributed by atoms with Crippen LogP contribution in [-0.2, 0) is 43.2 Å². The number of aliphatic hydroxyl groups is 4. The van der Waals surface area contributed by atoms with Crippen molar-refractivity contribution in [3.63, 3.8) is 0 Å². The Kier molecular flexibility index (Phi) is 20.1. The Morgan fingerprint density at radius 1 is 0.673 bits per heavy atom. The van der Waals surface area contributed by atoms with E-state index in [4.69, 9.17) is 10.8 Å². The quantitative estimate of drug-likeness (QED) is 0.0457. The molecule has 0 aromatic carbocycles. The van der Waals surface area contributed by atoms with Crippen LogP contribution in [0.3, 0.4) is 0 Å². The lowest BCUT2D eigenvalue weighted by atomic mass is 10.0. The van der Waals surface area contributed by atoms with Crippen molar-refractivity contribution < 1.29 is 68.7 Å². The summed E-state index contributed by atoms with van der Waals surface area (Å²) in [6.07, 6.45) is -4.04. The standard InChI is InChI=1S/C32H55N9O14/c1-13(2)22(29(51)36-18(8-9-20(33)46)26(48)35-11-21(47)38-25(16(5)45)32(54)55)39-28(50)19(12-42)37-30(52)23(14(3)43)41-31(53)24(15(4)44)40-27(49)17-7-6-10-34-17/h13-19,22-25,34,42-45H,6-12H2,1-5H3,(H2,33,46)(H,35,48)(H,36,51)(H,37,52)(H,38,47)(H,39,50)(H,40,49)(H,41,53)(H,54,55)/t14-,15-,16-,17+,18+,19+,22+,23+,24+,25+/m1/s1. The van der Waals surface area contributed by atoms with Crippen LogP contribution in [0, 0.1) is 5.92 Å². The van der Waals surface area contributed by atoms with Gasteiger partial charge in [0.2, 0.25) is 47.3 Å². The van der Waals surface area contributed by atoms with Crippen molar-refractivity contribution >= 4 is 53.2 Å². The van der Waals surface area contributed by atoms with E-state index in [0.29, 0.717) is 13.0 Å². The Bertz CT molecular complexity index is 1390. The number of carbonyl (C=O) groups is 9. The number of amides is 8. The molecule has 0 aliphatic carbocycles. The van der Waals surface area contributed by atoms with E-state index in [1.54, 1.807) is 0 Å². The van der Waals surface area contributed by atoms with E-state index in [9.17, 15) is 63.6 Å². The van der Waals surface area contributed by atoms with Crippen LogP contribution < -0.4 is 48.3 Å². The molecule has 1 rings (SSSR count). The summed E-state index contributed by atoms with van der Waals surface area (Å²) in [5.74, 6) is -9.94. The summed E-state index contributed by atoms with van der Waals surface area (Å²) < 4.78 is 0. The molecule has 0 aromatic heterocycles. The van der Waals surface area contributed by atoms with Gasteiger partial charge < -0.3 is 73.8 Å². The second-order valence-electron chi connectivity index (χ2n) is 13.5. The first-order chi connectivity index (χ1) is 25.6. The van der Waals surface area contributed by atoms with Crippen LogP contribution in [0.15, 0.2) is 0 Å². The highest BCUT2D eigenvalue weighted by Gasteiger charge is 2.37. The zero-order chi connectivity index (χ0) is 42.2. The monoisotopic (exact) mass is 789 g/mol. The summed E-state index contributed by atoms with van der Waals surface area (Å²) >= 11 is 0. The molecular weight excluding hydrogens is 734 g/mol. The number of carboxylic acid groups (broad SMARTS) is 1. The Balaban J connectivity index is 3.04. The molecule has 55 heavy (non-hydrogen) atoms. The lowest BCUT2D eigenvalue weighted by Crippen LogP contribution is -2.63. The highest BCUT2D eigenvalue weighted by atomic mass is 16.4. The Morgan fingerprint density at radius 3 is 1.65 bits per heavy atom. The minimum Gasteiger partial charge on any atom is -0.480 e. The van der Waals surface area contributed by atoms with Gasteiger partial charge in [-0.3, -0.25) is 38.4 Å². The van der Waals surface area contributed by atoms with Crippen LogP contribution in [0.1, 0.15) is 60.3 Å². The summed E-state index contributed by atoms with van der Waals surface area (Å²) in [6.45, 7) is 5.24. The van der Waals surface area contributed by atoms with Crippen LogP contribution >= 0.6 is 0 Å². The van der Waals surface area contributed by atoms with Crippen LogP contribution in [-0.4, -0.2) is 159 Å². The van der Waals surface area contributed by atoms with Crippen molar-refractivity contribution in [3.8, 4) is 0 Å². The van der Waals surface area contributed by atoms with E-state index in [-0.39, 0.29) is 6.42 Å². The Hall–Kier alpha value is -4.97. The first-order valence-electron chi connectivity index (χ1n) is 17.6. The number of aliphatic hydroxyl groups excluding tert-OH is 4. The van der Waals surface area contributed by atoms with Crippen LogP contribution in [0.25, 0.3) is 0 Å². The van der Waals surface area contributed by atoms with Crippen molar-refractivity contribution in [1.29, 1.82) is 0 Å². The molecular formula is C32H55N9O14. The minimum absolute atomic E-state index is 0.364. The second kappa shape index (κ2) is 23.1. The maximum Gasteiger partial charge on any atom is 0.328 e. The summed E-state index contributed by atoms with van der Waals surface area (Å²) in [4.78, 5) is 113. The molecule has 1 aliphatic rings. The number of aliphatic carboxylic acids is 1. The zero-order valence-electron chi connectivity index (χ0n) is 31.3. The number of rotatable bonds is 23. The number of carbonyl (C=O) groups excluding carboxylic acids is 8. The van der Waals surface area contributed by atoms with E-state index in [0.717, 1.165) is 20.3 Å². The summed E-state index contributed by atoms with van der Waals surface area (Å²) in [5, 5.41) is 67.7. The maximum absolute atomic E-state index is 13.4. The van der Waals surface area contributed by atoms with Gasteiger partial charge in [0, 0.05) is 6.42 Å². The molecule has 1 saturated heterocycles. The molecule has 1 heterocycles. The van der Waals surface area contributed by atoms with Gasteiger partial charge in [0.15, 0.2) is 6.04 Å². The van der Waals surface area contributed by atoms with Crippen LogP contribution in [0.4, 0.5) is 0 Å². The summed E-state index contributed by atoms with van der Waals surface area (Å²) in [6, 6.07) is -10.3. The number of hydrogen-bond acceptors (Lipinski definition) is 14. The van der Waals surface area contributed by atoms with E-state index in [2.05, 4.69) is 37.2 Å². The van der Waals surface area contributed by atoms with Gasteiger partial charge in [-0.2, -0.15) is 0 Å². The summed E-state index contributed by atoms with van der Waals surface area (Å²) in [5.41, 5.74) is 5.19. The summed E-state index contributed by atoms with van der Waals surface area (Å²) in [7, 11) is 0. The fourth-order valence-corrected chi connectivity index (χ4v) is 5.18. The molecule has 0 aromatic rings. The third kappa shape index (κ3) is 16.1. The van der Waals surface area contributed by atoms with Crippen molar-refractivity contribution in [2.24, 2.45) is 11.7 Å². The number of nitrogens with one attached hydrogen (secondary N) is 8. The second-order valence-corrected chi connectivity index (χ2v) is 13.5. The first-order valence-corrected chi connectivity index (χ1v) is 17.6. The molecule has 0 unspecified atom stereocenters. The molecule has 15 N–H and O–H groups in total. The maximum atomic E-state index is 13.4. The molecule has 312 valence electrons. The Labute approximate surface area is 316 Å². The van der Waals surface area contributed by atoms with E-state index in [1.807, 2.05) is 5.32 Å². The lowest BCUT2D eigenvalue weighted by Gasteiger charge is -2.29. The highest BCUT2D eigenvalue weighted by Crippen LogP contribution is 2.08. The SMILES string of the molecule is CC(C)[C@H](NC(=O)[C@H](CO)NC(=O)[C@@H](NC(=O)[C@@H](NC(=O)[C@@H]1CCCN1)[C@@H](C)O)[C@@H](C)O)C(=O)N[C@@H](CCC(N)=O)C(=O)NCC(=O)N[C@H](C(=O)O)[C@@H](C)O. The van der Waals surface area contributed by atoms with Crippen molar-refractivity contribution in [2.45, 2.75) is 121 Å². The largest absolute Gasteiger partial charge is 0.480 e. The van der Waals surface area contributed by atoms with Crippen molar-refractivity contribution in [3.05, 3.63) is 0 Å². The van der Waals surface area contributed by atoms with Crippen LogP contribution in [0.5, 0.6) is 0 Å². The fraction of sp³-hybridized carbons (Fsp3) is 0.719. The third-order valence-corrected chi connectivity index (χ3v) is 8.37. The van der Waals surface area contributed by atoms with Gasteiger partial charge in [-0.05, 0) is 52.5 Å². The number of carboxylic acids is 1. The third-order valence-electron chi connectivity index (χ3n) is 8.37. The van der Waals surface area contributed by atoms with Gasteiger partial charge in [0.25, 0.3) is 0 Å². The average molecular weight is 790 g/mol. The molecule has 23 nitrogen and oxygen atoms in total. The van der Waals surface area contributed by atoms with E-state index in [1.165, 1.54) is 20.8 Å². The van der Waals surface area contributed by atoms with Gasteiger partial charge >= 0.3 is 5.97 Å². The molecule has 23 heteroatoms. The fourth-order valence-electron chi connectivity index (χ4n) is 5.18. The number of hydrogen-bond donors (Lipinski definition) is 14. The smallest absolute Gasteiger partial charge is 0.328 e. The Morgan fingerprint density at radius 2 is 1.18 bits per heavy atom. The van der Waals surface area contributed by atoms with Gasteiger partial charge in [-0.1, -0.05) is 13.8 Å². The van der Waals surface area contributed by atoms with Gasteiger partial charge in [-0.15, -0.1) is 0 Å². The van der Waals surface area contributed by atoms with Gasteiger partial charge in [0.1, 0.15) is 30.2 Å². The molecule has 0 saturated carbocycles. The van der Waals surface area contributed by atoms with Crippen molar-refractivity contribution in [2.75, 3.05) is 19.7 Å². The minimum atomic E-state index is -1.76. The predicted molar refractivity (Wildman–Crippen MR) is 189 cm³/mol. The normalized spacial score (nSPS) is 18.8. The van der Waals surface area contributed by atoms with Crippen LogP contribution in [0.2, 0.25) is 0 Å². The predicted octanol–water partition coefficient (Wildman–Crippen LogP) is -7.10. The molecule has 0 bridgehead atoms. The first kappa shape index (κ1) is 48.0. The lowest BCUT2D eigenvalue weighted by molar-refractivity contribution is -0.144. The number of primary amides is 1. The highest BCUT2D eigenvalue weighted by molar-refractivity contribution is 5.97. The van der Waals surface area contributed by atoms with E-state index < -0.39 is 139 Å². The molecule has 1 aliphatic heterocycles.